The highest BCUT2D eigenvalue weighted by molar-refractivity contribution is 6.42. The van der Waals surface area contributed by atoms with Gasteiger partial charge in [0.15, 0.2) is 0 Å². The molecule has 138 valence electrons. The standard InChI is InChI=1S/C20H18Cl2N4O/c21-17-3-1-2-16(18(17)22)19(20(23)27)26-12-14-6-9-25-11-15(14)10-13-4-7-24-8-5-13/h1-9,11,19,26H,10,12H2,(H2,23,27). The smallest absolute Gasteiger partial charge is 0.239 e. The summed E-state index contributed by atoms with van der Waals surface area (Å²) in [5, 5.41) is 3.89. The van der Waals surface area contributed by atoms with Crippen LogP contribution in [0.1, 0.15) is 28.3 Å². The molecule has 2 heterocycles. The number of nitrogens with zero attached hydrogens (tertiary/aromatic N) is 2. The van der Waals surface area contributed by atoms with Crippen molar-refractivity contribution < 1.29 is 4.79 Å². The first kappa shape index (κ1) is 19.3. The number of carbonyl (C=O) groups excluding carboxylic acids is 1. The Hall–Kier alpha value is -2.47. The van der Waals surface area contributed by atoms with Gasteiger partial charge in [-0.05, 0) is 52.9 Å². The van der Waals surface area contributed by atoms with E-state index in [0.717, 1.165) is 16.7 Å². The third-order valence-corrected chi connectivity index (χ3v) is 5.06. The topological polar surface area (TPSA) is 80.9 Å². The summed E-state index contributed by atoms with van der Waals surface area (Å²) in [4.78, 5) is 20.2. The Morgan fingerprint density at radius 3 is 2.52 bits per heavy atom. The van der Waals surface area contributed by atoms with Gasteiger partial charge in [0.25, 0.3) is 0 Å². The minimum absolute atomic E-state index is 0.321. The van der Waals surface area contributed by atoms with Gasteiger partial charge in [-0.15, -0.1) is 0 Å². The molecule has 0 bridgehead atoms. The molecule has 3 aromatic rings. The molecule has 0 radical (unpaired) electrons. The summed E-state index contributed by atoms with van der Waals surface area (Å²) in [7, 11) is 0. The molecular formula is C20H18Cl2N4O. The summed E-state index contributed by atoms with van der Waals surface area (Å²) < 4.78 is 0. The molecular weight excluding hydrogens is 383 g/mol. The highest BCUT2D eigenvalue weighted by Crippen LogP contribution is 2.30. The van der Waals surface area contributed by atoms with E-state index in [1.54, 1.807) is 36.8 Å². The lowest BCUT2D eigenvalue weighted by molar-refractivity contribution is -0.120. The van der Waals surface area contributed by atoms with Crippen molar-refractivity contribution in [2.45, 2.75) is 19.0 Å². The Labute approximate surface area is 167 Å². The van der Waals surface area contributed by atoms with E-state index in [-0.39, 0.29) is 0 Å². The van der Waals surface area contributed by atoms with Gasteiger partial charge < -0.3 is 5.73 Å². The van der Waals surface area contributed by atoms with Crippen molar-refractivity contribution in [3.05, 3.63) is 93.5 Å². The quantitative estimate of drug-likeness (QED) is 0.633. The van der Waals surface area contributed by atoms with Crippen molar-refractivity contribution in [2.24, 2.45) is 5.73 Å². The highest BCUT2D eigenvalue weighted by atomic mass is 35.5. The second kappa shape index (κ2) is 8.95. The molecule has 0 spiro atoms. The molecule has 1 atom stereocenters. The van der Waals surface area contributed by atoms with Crippen LogP contribution in [-0.2, 0) is 17.8 Å². The van der Waals surface area contributed by atoms with Gasteiger partial charge in [-0.25, -0.2) is 0 Å². The van der Waals surface area contributed by atoms with Gasteiger partial charge in [-0.2, -0.15) is 0 Å². The van der Waals surface area contributed by atoms with Crippen LogP contribution < -0.4 is 11.1 Å². The van der Waals surface area contributed by atoms with Crippen LogP contribution in [0.15, 0.2) is 61.2 Å². The molecule has 3 rings (SSSR count). The van der Waals surface area contributed by atoms with E-state index in [1.807, 2.05) is 24.4 Å². The number of amides is 1. The van der Waals surface area contributed by atoms with E-state index >= 15 is 0 Å². The van der Waals surface area contributed by atoms with Crippen LogP contribution in [0.4, 0.5) is 0 Å². The third kappa shape index (κ3) is 4.83. The number of carbonyl (C=O) groups is 1. The fourth-order valence-electron chi connectivity index (χ4n) is 2.83. The maximum Gasteiger partial charge on any atom is 0.239 e. The molecule has 0 aliphatic rings. The second-order valence-electron chi connectivity index (χ2n) is 6.04. The zero-order chi connectivity index (χ0) is 19.2. The molecule has 0 aliphatic carbocycles. The number of nitrogens with two attached hydrogens (primary N) is 1. The number of nitrogens with one attached hydrogen (secondary N) is 1. The molecule has 1 unspecified atom stereocenters. The maximum absolute atomic E-state index is 12.0. The number of benzene rings is 1. The van der Waals surface area contributed by atoms with Crippen molar-refractivity contribution in [1.29, 1.82) is 0 Å². The molecule has 0 aliphatic heterocycles. The van der Waals surface area contributed by atoms with Gasteiger partial charge in [0.2, 0.25) is 5.91 Å². The number of aromatic nitrogens is 2. The largest absolute Gasteiger partial charge is 0.368 e. The van der Waals surface area contributed by atoms with Crippen molar-refractivity contribution in [3.63, 3.8) is 0 Å². The summed E-state index contributed by atoms with van der Waals surface area (Å²) in [6, 6.07) is 10.2. The lowest BCUT2D eigenvalue weighted by atomic mass is 10.0. The van der Waals surface area contributed by atoms with E-state index in [0.29, 0.717) is 28.6 Å². The lowest BCUT2D eigenvalue weighted by Crippen LogP contribution is -2.33. The van der Waals surface area contributed by atoms with Crippen LogP contribution in [0, 0.1) is 0 Å². The molecule has 0 fully saturated rings. The van der Waals surface area contributed by atoms with Crippen molar-refractivity contribution in [3.8, 4) is 0 Å². The summed E-state index contributed by atoms with van der Waals surface area (Å²) in [6.07, 6.45) is 7.77. The van der Waals surface area contributed by atoms with Gasteiger partial charge in [0, 0.05) is 31.3 Å². The molecule has 1 amide bonds. The highest BCUT2D eigenvalue weighted by Gasteiger charge is 2.21. The normalized spacial score (nSPS) is 11.9. The Morgan fingerprint density at radius 2 is 1.78 bits per heavy atom. The molecule has 0 saturated carbocycles. The van der Waals surface area contributed by atoms with Crippen molar-refractivity contribution in [1.82, 2.24) is 15.3 Å². The van der Waals surface area contributed by atoms with E-state index in [9.17, 15) is 4.79 Å². The maximum atomic E-state index is 12.0. The molecule has 27 heavy (non-hydrogen) atoms. The number of halogens is 2. The van der Waals surface area contributed by atoms with Crippen LogP contribution in [0.25, 0.3) is 0 Å². The summed E-state index contributed by atoms with van der Waals surface area (Å²) in [5.41, 5.74) is 9.35. The number of hydrogen-bond donors (Lipinski definition) is 2. The zero-order valence-electron chi connectivity index (χ0n) is 14.4. The first-order valence-corrected chi connectivity index (χ1v) is 9.09. The summed E-state index contributed by atoms with van der Waals surface area (Å²) >= 11 is 12.3. The number of hydrogen-bond acceptors (Lipinski definition) is 4. The van der Waals surface area contributed by atoms with E-state index in [1.165, 1.54) is 0 Å². The average molecular weight is 401 g/mol. The first-order valence-electron chi connectivity index (χ1n) is 8.33. The fourth-order valence-corrected chi connectivity index (χ4v) is 3.24. The van der Waals surface area contributed by atoms with Crippen molar-refractivity contribution in [2.75, 3.05) is 0 Å². The number of rotatable bonds is 7. The lowest BCUT2D eigenvalue weighted by Gasteiger charge is -2.19. The van der Waals surface area contributed by atoms with Gasteiger partial charge in [-0.3, -0.25) is 20.1 Å². The van der Waals surface area contributed by atoms with Crippen LogP contribution >= 0.6 is 23.2 Å². The molecule has 5 nitrogen and oxygen atoms in total. The Balaban J connectivity index is 1.80. The second-order valence-corrected chi connectivity index (χ2v) is 6.82. The van der Waals surface area contributed by atoms with E-state index in [4.69, 9.17) is 28.9 Å². The molecule has 1 aromatic carbocycles. The molecule has 2 aromatic heterocycles. The predicted molar refractivity (Wildman–Crippen MR) is 107 cm³/mol. The third-order valence-electron chi connectivity index (χ3n) is 4.22. The van der Waals surface area contributed by atoms with Gasteiger partial charge >= 0.3 is 0 Å². The SMILES string of the molecule is NC(=O)C(NCc1ccncc1Cc1ccncc1)c1cccc(Cl)c1Cl. The van der Waals surface area contributed by atoms with Gasteiger partial charge in [-0.1, -0.05) is 35.3 Å². The Kier molecular flexibility index (Phi) is 6.40. The summed E-state index contributed by atoms with van der Waals surface area (Å²) in [6.45, 7) is 0.430. The molecule has 3 N–H and O–H groups in total. The van der Waals surface area contributed by atoms with Crippen LogP contribution in [0.3, 0.4) is 0 Å². The summed E-state index contributed by atoms with van der Waals surface area (Å²) in [5.74, 6) is -0.524. The zero-order valence-corrected chi connectivity index (χ0v) is 15.9. The number of primary amides is 1. The molecule has 7 heteroatoms. The van der Waals surface area contributed by atoms with Crippen LogP contribution in [0.2, 0.25) is 10.0 Å². The van der Waals surface area contributed by atoms with E-state index in [2.05, 4.69) is 15.3 Å². The minimum atomic E-state index is -0.752. The predicted octanol–water partition coefficient (Wildman–Crippen LogP) is 3.69. The van der Waals surface area contributed by atoms with E-state index < -0.39 is 11.9 Å². The van der Waals surface area contributed by atoms with Crippen LogP contribution in [0.5, 0.6) is 0 Å². The minimum Gasteiger partial charge on any atom is -0.368 e. The monoisotopic (exact) mass is 400 g/mol. The fraction of sp³-hybridized carbons (Fsp3) is 0.150. The first-order chi connectivity index (χ1) is 13.1. The van der Waals surface area contributed by atoms with Gasteiger partial charge in [0.1, 0.15) is 6.04 Å². The van der Waals surface area contributed by atoms with Crippen LogP contribution in [-0.4, -0.2) is 15.9 Å². The van der Waals surface area contributed by atoms with Gasteiger partial charge in [0.05, 0.1) is 10.0 Å². The Bertz CT molecular complexity index is 934. The van der Waals surface area contributed by atoms with Crippen molar-refractivity contribution >= 4 is 29.1 Å². The average Bonchev–Trinajstić information content (AvgIpc) is 2.67. The Morgan fingerprint density at radius 1 is 1.04 bits per heavy atom. The number of pyridine rings is 2. The molecule has 0 saturated heterocycles.